The summed E-state index contributed by atoms with van der Waals surface area (Å²) in [6.07, 6.45) is 5.43. The summed E-state index contributed by atoms with van der Waals surface area (Å²) in [4.78, 5) is 15.1. The van der Waals surface area contributed by atoms with Crippen LogP contribution < -0.4 is 5.32 Å². The zero-order valence-corrected chi connectivity index (χ0v) is 23.2. The zero-order valence-electron chi connectivity index (χ0n) is 22.4. The van der Waals surface area contributed by atoms with Crippen molar-refractivity contribution in [1.29, 1.82) is 0 Å². The Balaban J connectivity index is 1.19. The number of benzene rings is 2. The summed E-state index contributed by atoms with van der Waals surface area (Å²) in [6.45, 7) is 1.26. The van der Waals surface area contributed by atoms with Crippen molar-refractivity contribution in [3.8, 4) is 0 Å². The number of nitrogens with one attached hydrogen (secondary N) is 1. The lowest BCUT2D eigenvalue weighted by atomic mass is 9.78. The first-order valence-electron chi connectivity index (χ1n) is 13.6. The molecule has 0 radical (unpaired) electrons. The Morgan fingerprint density at radius 2 is 1.74 bits per heavy atom. The molecule has 0 aromatic heterocycles. The van der Waals surface area contributed by atoms with Gasteiger partial charge in [0.05, 0.1) is 11.5 Å². The van der Waals surface area contributed by atoms with Crippen molar-refractivity contribution in [1.82, 2.24) is 14.5 Å². The van der Waals surface area contributed by atoms with E-state index in [9.17, 15) is 17.6 Å². The minimum Gasteiger partial charge on any atom is -0.371 e. The highest BCUT2D eigenvalue weighted by atomic mass is 32.2. The highest BCUT2D eigenvalue weighted by Gasteiger charge is 2.32. The first-order valence-corrected chi connectivity index (χ1v) is 15.0. The van der Waals surface area contributed by atoms with Gasteiger partial charge in [-0.25, -0.2) is 12.8 Å². The third-order valence-electron chi connectivity index (χ3n) is 7.80. The van der Waals surface area contributed by atoms with Crippen LogP contribution in [0.3, 0.4) is 0 Å². The standard InChI is InChI=1S/C29H40FN3O4S/c1-32(2)29(23-10-14-25(30)15-11-23)24-12-16-26(17-13-24)31-28(34)21-37-20-22-7-6-18-33(19-22)38(35,36)27-8-4-3-5-9-27/h3-5,8-11,14-15,22,24,26,29H,6-7,12-13,16-21H2,1-2H3,(H,31,34). The van der Waals surface area contributed by atoms with E-state index < -0.39 is 10.0 Å². The molecule has 0 bridgehead atoms. The molecule has 2 fully saturated rings. The zero-order chi connectivity index (χ0) is 27.1. The molecule has 2 aromatic rings. The molecule has 1 aliphatic carbocycles. The maximum atomic E-state index is 13.4. The van der Waals surface area contributed by atoms with Gasteiger partial charge < -0.3 is 15.0 Å². The van der Waals surface area contributed by atoms with Crippen LogP contribution in [0.4, 0.5) is 4.39 Å². The van der Waals surface area contributed by atoms with Crippen molar-refractivity contribution in [3.63, 3.8) is 0 Å². The number of ether oxygens (including phenoxy) is 1. The van der Waals surface area contributed by atoms with Crippen LogP contribution in [0.25, 0.3) is 0 Å². The minimum absolute atomic E-state index is 0.0161. The quantitative estimate of drug-likeness (QED) is 0.484. The summed E-state index contributed by atoms with van der Waals surface area (Å²) < 4.78 is 46.5. The third kappa shape index (κ3) is 7.40. The van der Waals surface area contributed by atoms with E-state index in [1.807, 2.05) is 12.1 Å². The lowest BCUT2D eigenvalue weighted by Gasteiger charge is -2.37. The van der Waals surface area contributed by atoms with Crippen LogP contribution in [-0.2, 0) is 19.6 Å². The Morgan fingerprint density at radius 3 is 2.39 bits per heavy atom. The number of piperidine rings is 1. The summed E-state index contributed by atoms with van der Waals surface area (Å²) in [7, 11) is 0.602. The molecule has 2 unspecified atom stereocenters. The molecule has 1 amide bonds. The van der Waals surface area contributed by atoms with Gasteiger partial charge in [-0.15, -0.1) is 0 Å². The third-order valence-corrected chi connectivity index (χ3v) is 9.68. The van der Waals surface area contributed by atoms with Gasteiger partial charge >= 0.3 is 0 Å². The minimum atomic E-state index is -3.51. The number of rotatable bonds is 10. The van der Waals surface area contributed by atoms with Crippen molar-refractivity contribution in [2.45, 2.75) is 55.5 Å². The number of carbonyl (C=O) groups is 1. The molecule has 2 aliphatic rings. The Kier molecular flexibility index (Phi) is 9.92. The van der Waals surface area contributed by atoms with Crippen molar-refractivity contribution in [2.24, 2.45) is 11.8 Å². The van der Waals surface area contributed by atoms with Crippen LogP contribution >= 0.6 is 0 Å². The SMILES string of the molecule is CN(C)C(c1ccc(F)cc1)C1CCC(NC(=O)COCC2CCCN(S(=O)(=O)c3ccccc3)C2)CC1. The fourth-order valence-corrected chi connectivity index (χ4v) is 7.52. The van der Waals surface area contributed by atoms with E-state index in [0.29, 0.717) is 30.5 Å². The fourth-order valence-electron chi connectivity index (χ4n) is 5.94. The van der Waals surface area contributed by atoms with Gasteiger partial charge in [-0.05, 0) is 94.3 Å². The molecule has 1 heterocycles. The normalized spacial score (nSPS) is 23.7. The second-order valence-electron chi connectivity index (χ2n) is 10.8. The second-order valence-corrected chi connectivity index (χ2v) is 12.8. The van der Waals surface area contributed by atoms with Gasteiger partial charge in [-0.1, -0.05) is 30.3 Å². The van der Waals surface area contributed by atoms with Crippen molar-refractivity contribution in [2.75, 3.05) is 40.4 Å². The summed E-state index contributed by atoms with van der Waals surface area (Å²) in [5.41, 5.74) is 1.12. The Morgan fingerprint density at radius 1 is 1.05 bits per heavy atom. The van der Waals surface area contributed by atoms with Crippen LogP contribution in [0.5, 0.6) is 0 Å². The molecular formula is C29H40FN3O4S. The number of hydrogen-bond acceptors (Lipinski definition) is 5. The lowest BCUT2D eigenvalue weighted by molar-refractivity contribution is -0.127. The average molecular weight is 546 g/mol. The monoisotopic (exact) mass is 545 g/mol. The molecule has 208 valence electrons. The van der Waals surface area contributed by atoms with Crippen molar-refractivity contribution in [3.05, 3.63) is 66.0 Å². The van der Waals surface area contributed by atoms with Crippen molar-refractivity contribution >= 4 is 15.9 Å². The number of hydrogen-bond donors (Lipinski definition) is 1. The van der Waals surface area contributed by atoms with Gasteiger partial charge in [0.2, 0.25) is 15.9 Å². The van der Waals surface area contributed by atoms with E-state index in [0.717, 1.165) is 44.1 Å². The first kappa shape index (κ1) is 28.7. The van der Waals surface area contributed by atoms with Gasteiger partial charge in [-0.2, -0.15) is 4.31 Å². The largest absolute Gasteiger partial charge is 0.371 e. The van der Waals surface area contributed by atoms with E-state index in [-0.39, 0.29) is 36.3 Å². The molecule has 1 saturated carbocycles. The predicted molar refractivity (Wildman–Crippen MR) is 145 cm³/mol. The smallest absolute Gasteiger partial charge is 0.246 e. The molecule has 2 aromatic carbocycles. The van der Waals surface area contributed by atoms with Crippen LogP contribution in [0.2, 0.25) is 0 Å². The van der Waals surface area contributed by atoms with E-state index in [1.54, 1.807) is 30.3 Å². The topological polar surface area (TPSA) is 79.0 Å². The maximum Gasteiger partial charge on any atom is 0.246 e. The van der Waals surface area contributed by atoms with Crippen LogP contribution in [0, 0.1) is 17.7 Å². The molecule has 9 heteroatoms. The average Bonchev–Trinajstić information content (AvgIpc) is 2.91. The van der Waals surface area contributed by atoms with E-state index >= 15 is 0 Å². The van der Waals surface area contributed by atoms with E-state index in [1.165, 1.54) is 16.4 Å². The fraction of sp³-hybridized carbons (Fsp3) is 0.552. The molecule has 0 spiro atoms. The molecule has 2 atom stereocenters. The molecule has 7 nitrogen and oxygen atoms in total. The summed E-state index contributed by atoms with van der Waals surface area (Å²) in [5.74, 6) is 0.167. The van der Waals surface area contributed by atoms with E-state index in [4.69, 9.17) is 4.74 Å². The van der Waals surface area contributed by atoms with Gasteiger partial charge in [0, 0.05) is 25.2 Å². The maximum absolute atomic E-state index is 13.4. The lowest BCUT2D eigenvalue weighted by Crippen LogP contribution is -2.42. The summed E-state index contributed by atoms with van der Waals surface area (Å²) >= 11 is 0. The number of sulfonamides is 1. The number of amides is 1. The second kappa shape index (κ2) is 13.2. The number of halogens is 1. The van der Waals surface area contributed by atoms with Crippen molar-refractivity contribution < 1.29 is 22.3 Å². The van der Waals surface area contributed by atoms with Gasteiger partial charge in [0.1, 0.15) is 12.4 Å². The molecule has 1 saturated heterocycles. The van der Waals surface area contributed by atoms with E-state index in [2.05, 4.69) is 24.3 Å². The Bertz CT molecular complexity index is 1140. The first-order chi connectivity index (χ1) is 18.2. The Hall–Kier alpha value is -2.33. The number of carbonyl (C=O) groups excluding carboxylic acids is 1. The van der Waals surface area contributed by atoms with Gasteiger partial charge in [-0.3, -0.25) is 4.79 Å². The molecule has 38 heavy (non-hydrogen) atoms. The van der Waals surface area contributed by atoms with Crippen LogP contribution in [0.15, 0.2) is 59.5 Å². The molecule has 1 N–H and O–H groups in total. The number of nitrogens with zero attached hydrogens (tertiary/aromatic N) is 2. The summed E-state index contributed by atoms with van der Waals surface area (Å²) in [5, 5.41) is 3.11. The van der Waals surface area contributed by atoms with Crippen LogP contribution in [-0.4, -0.2) is 70.0 Å². The molecular weight excluding hydrogens is 505 g/mol. The predicted octanol–water partition coefficient (Wildman–Crippen LogP) is 4.22. The van der Waals surface area contributed by atoms with Gasteiger partial charge in [0.15, 0.2) is 0 Å². The molecule has 4 rings (SSSR count). The Labute approximate surface area is 226 Å². The van der Waals surface area contributed by atoms with Gasteiger partial charge in [0.25, 0.3) is 0 Å². The summed E-state index contributed by atoms with van der Waals surface area (Å²) in [6, 6.07) is 15.6. The molecule has 1 aliphatic heterocycles. The highest BCUT2D eigenvalue weighted by molar-refractivity contribution is 7.89. The highest BCUT2D eigenvalue weighted by Crippen LogP contribution is 2.37. The van der Waals surface area contributed by atoms with Crippen LogP contribution in [0.1, 0.15) is 50.1 Å².